The molecule has 1 aromatic carbocycles. The molecule has 2 aliphatic heterocycles. The Morgan fingerprint density at radius 1 is 1.47 bits per heavy atom. The number of anilines is 1. The van der Waals surface area contributed by atoms with Crippen molar-refractivity contribution in [2.75, 3.05) is 24.5 Å². The quantitative estimate of drug-likeness (QED) is 0.838. The highest BCUT2D eigenvalue weighted by Gasteiger charge is 2.25. The van der Waals surface area contributed by atoms with Gasteiger partial charge in [-0.15, -0.1) is 0 Å². The average Bonchev–Trinajstić information content (AvgIpc) is 2.94. The molecule has 2 aliphatic rings. The molecule has 17 heavy (non-hydrogen) atoms. The van der Waals surface area contributed by atoms with Crippen molar-refractivity contribution in [1.29, 1.82) is 0 Å². The molecule has 90 valence electrons. The van der Waals surface area contributed by atoms with E-state index in [-0.39, 0.29) is 5.91 Å². The predicted octanol–water partition coefficient (Wildman–Crippen LogP) is 1.67. The lowest BCUT2D eigenvalue weighted by Gasteiger charge is -2.17. The summed E-state index contributed by atoms with van der Waals surface area (Å²) in [6, 6.07) is 6.72. The van der Waals surface area contributed by atoms with Crippen molar-refractivity contribution in [3.8, 4) is 0 Å². The number of nitrogens with one attached hydrogen (secondary N) is 1. The summed E-state index contributed by atoms with van der Waals surface area (Å²) in [6.07, 6.45) is 1.79. The molecular formula is C14H18N2O. The van der Waals surface area contributed by atoms with Crippen LogP contribution in [0.15, 0.2) is 18.2 Å². The fourth-order valence-corrected chi connectivity index (χ4v) is 2.91. The molecule has 1 atom stereocenters. The molecule has 3 rings (SSSR count). The van der Waals surface area contributed by atoms with Gasteiger partial charge in [-0.25, -0.2) is 0 Å². The largest absolute Gasteiger partial charge is 0.371 e. The average molecular weight is 230 g/mol. The number of amides is 1. The molecule has 1 aromatic rings. The molecule has 0 aliphatic carbocycles. The van der Waals surface area contributed by atoms with Gasteiger partial charge in [-0.05, 0) is 30.5 Å². The maximum atomic E-state index is 11.2. The van der Waals surface area contributed by atoms with Crippen LogP contribution in [0.3, 0.4) is 0 Å². The topological polar surface area (TPSA) is 32.3 Å². The van der Waals surface area contributed by atoms with Crippen molar-refractivity contribution < 1.29 is 4.79 Å². The van der Waals surface area contributed by atoms with Gasteiger partial charge >= 0.3 is 0 Å². The van der Waals surface area contributed by atoms with Crippen LogP contribution in [0.2, 0.25) is 0 Å². The van der Waals surface area contributed by atoms with Gasteiger partial charge in [0.2, 0.25) is 5.91 Å². The van der Waals surface area contributed by atoms with E-state index < -0.39 is 0 Å². The summed E-state index contributed by atoms with van der Waals surface area (Å²) in [7, 11) is 0. The van der Waals surface area contributed by atoms with Crippen molar-refractivity contribution in [2.45, 2.75) is 25.7 Å². The summed E-state index contributed by atoms with van der Waals surface area (Å²) < 4.78 is 0. The van der Waals surface area contributed by atoms with Crippen molar-refractivity contribution in [3.63, 3.8) is 0 Å². The van der Waals surface area contributed by atoms with Crippen LogP contribution in [0.1, 0.15) is 30.4 Å². The minimum absolute atomic E-state index is 0.186. The first-order valence-corrected chi connectivity index (χ1v) is 6.42. The number of fused-ring (bicyclic) bond motifs is 1. The van der Waals surface area contributed by atoms with E-state index >= 15 is 0 Å². The Balaban J connectivity index is 1.87. The normalized spacial score (nSPS) is 22.8. The molecule has 1 unspecified atom stereocenters. The molecule has 1 saturated heterocycles. The highest BCUT2D eigenvalue weighted by atomic mass is 16.1. The first kappa shape index (κ1) is 10.6. The zero-order valence-electron chi connectivity index (χ0n) is 10.2. The summed E-state index contributed by atoms with van der Waals surface area (Å²) in [4.78, 5) is 13.7. The van der Waals surface area contributed by atoms with E-state index in [0.29, 0.717) is 12.3 Å². The van der Waals surface area contributed by atoms with E-state index in [1.165, 1.54) is 16.8 Å². The molecule has 0 aromatic heterocycles. The zero-order chi connectivity index (χ0) is 11.8. The number of rotatable bonds is 2. The van der Waals surface area contributed by atoms with Gasteiger partial charge in [-0.3, -0.25) is 4.79 Å². The third-order valence-electron chi connectivity index (χ3n) is 3.93. The fourth-order valence-electron chi connectivity index (χ4n) is 2.91. The van der Waals surface area contributed by atoms with E-state index in [2.05, 4.69) is 35.3 Å². The van der Waals surface area contributed by atoms with E-state index in [1.807, 2.05) is 0 Å². The zero-order valence-corrected chi connectivity index (χ0v) is 10.2. The Morgan fingerprint density at radius 2 is 2.35 bits per heavy atom. The minimum atomic E-state index is 0.186. The first-order chi connectivity index (χ1) is 8.28. The van der Waals surface area contributed by atoms with E-state index in [1.54, 1.807) is 0 Å². The second-order valence-electron chi connectivity index (χ2n) is 4.92. The van der Waals surface area contributed by atoms with Crippen LogP contribution in [-0.2, 0) is 11.2 Å². The number of likely N-dealkylation sites (N-methyl/N-ethyl adjacent to an activating group) is 1. The van der Waals surface area contributed by atoms with E-state index in [9.17, 15) is 4.79 Å². The molecule has 2 heterocycles. The molecule has 0 saturated carbocycles. The Kier molecular flexibility index (Phi) is 2.54. The lowest BCUT2D eigenvalue weighted by atomic mass is 9.95. The van der Waals surface area contributed by atoms with Crippen LogP contribution >= 0.6 is 0 Å². The van der Waals surface area contributed by atoms with Gasteiger partial charge in [0.25, 0.3) is 0 Å². The molecular weight excluding hydrogens is 212 g/mol. The maximum Gasteiger partial charge on any atom is 0.220 e. The van der Waals surface area contributed by atoms with Crippen molar-refractivity contribution >= 4 is 11.6 Å². The van der Waals surface area contributed by atoms with Gasteiger partial charge in [-0.2, -0.15) is 0 Å². The number of nitrogens with zero attached hydrogens (tertiary/aromatic N) is 1. The molecule has 1 fully saturated rings. The second kappa shape index (κ2) is 4.06. The SMILES string of the molecule is CCN1CCc2cc(C3CNC(=O)C3)ccc21. The Bertz CT molecular complexity index is 456. The third kappa shape index (κ3) is 1.79. The highest BCUT2D eigenvalue weighted by molar-refractivity contribution is 5.79. The molecule has 1 N–H and O–H groups in total. The monoisotopic (exact) mass is 230 g/mol. The maximum absolute atomic E-state index is 11.2. The summed E-state index contributed by atoms with van der Waals surface area (Å²) >= 11 is 0. The van der Waals surface area contributed by atoms with Crippen molar-refractivity contribution in [1.82, 2.24) is 5.32 Å². The molecule has 0 radical (unpaired) electrons. The third-order valence-corrected chi connectivity index (χ3v) is 3.93. The lowest BCUT2D eigenvalue weighted by Crippen LogP contribution is -2.19. The van der Waals surface area contributed by atoms with Crippen molar-refractivity contribution in [2.24, 2.45) is 0 Å². The smallest absolute Gasteiger partial charge is 0.220 e. The first-order valence-electron chi connectivity index (χ1n) is 6.42. The van der Waals surface area contributed by atoms with Crippen LogP contribution in [0.5, 0.6) is 0 Å². The van der Waals surface area contributed by atoms with Crippen LogP contribution in [0.25, 0.3) is 0 Å². The summed E-state index contributed by atoms with van der Waals surface area (Å²) in [5, 5.41) is 2.91. The molecule has 0 spiro atoms. The minimum Gasteiger partial charge on any atom is -0.371 e. The Labute approximate surface area is 102 Å². The van der Waals surface area contributed by atoms with Gasteiger partial charge in [-0.1, -0.05) is 12.1 Å². The number of benzene rings is 1. The van der Waals surface area contributed by atoms with Gasteiger partial charge in [0.05, 0.1) is 0 Å². The van der Waals surface area contributed by atoms with Crippen LogP contribution in [-0.4, -0.2) is 25.5 Å². The summed E-state index contributed by atoms with van der Waals surface area (Å²) in [6.45, 7) is 5.21. The second-order valence-corrected chi connectivity index (χ2v) is 4.92. The standard InChI is InChI=1S/C14H18N2O/c1-2-16-6-5-11-7-10(3-4-13(11)16)12-8-14(17)15-9-12/h3-4,7,12H,2,5-6,8-9H2,1H3,(H,15,17). The van der Waals surface area contributed by atoms with Gasteiger partial charge < -0.3 is 10.2 Å². The predicted molar refractivity (Wildman–Crippen MR) is 68.4 cm³/mol. The van der Waals surface area contributed by atoms with Crippen molar-refractivity contribution in [3.05, 3.63) is 29.3 Å². The molecule has 3 heteroatoms. The fraction of sp³-hybridized carbons (Fsp3) is 0.500. The number of carbonyl (C=O) groups is 1. The summed E-state index contributed by atoms with van der Waals surface area (Å²) in [5.74, 6) is 0.564. The Morgan fingerprint density at radius 3 is 3.06 bits per heavy atom. The van der Waals surface area contributed by atoms with Gasteiger partial charge in [0, 0.05) is 37.7 Å². The van der Waals surface area contributed by atoms with Gasteiger partial charge in [0.1, 0.15) is 0 Å². The van der Waals surface area contributed by atoms with E-state index in [4.69, 9.17) is 0 Å². The lowest BCUT2D eigenvalue weighted by molar-refractivity contribution is -0.119. The van der Waals surface area contributed by atoms with Crippen LogP contribution in [0.4, 0.5) is 5.69 Å². The molecule has 1 amide bonds. The van der Waals surface area contributed by atoms with Crippen LogP contribution < -0.4 is 10.2 Å². The molecule has 0 bridgehead atoms. The summed E-state index contributed by atoms with van der Waals surface area (Å²) in [5.41, 5.74) is 4.15. The van der Waals surface area contributed by atoms with Crippen LogP contribution in [0, 0.1) is 0 Å². The molecule has 3 nitrogen and oxygen atoms in total. The Hall–Kier alpha value is -1.51. The van der Waals surface area contributed by atoms with E-state index in [0.717, 1.165) is 26.1 Å². The number of hydrogen-bond acceptors (Lipinski definition) is 2. The number of hydrogen-bond donors (Lipinski definition) is 1. The van der Waals surface area contributed by atoms with Gasteiger partial charge in [0.15, 0.2) is 0 Å². The highest BCUT2D eigenvalue weighted by Crippen LogP contribution is 2.32. The number of carbonyl (C=O) groups excluding carboxylic acids is 1.